The third-order valence-corrected chi connectivity index (χ3v) is 9.08. The van der Waals surface area contributed by atoms with E-state index in [0.717, 1.165) is 61.1 Å². The molecule has 1 aliphatic carbocycles. The second-order valence-electron chi connectivity index (χ2n) is 10.7. The molecular formula is C28H34BrClN4O2. The number of carbonyl (C=O) groups excluding carboxylic acids is 2. The van der Waals surface area contributed by atoms with Gasteiger partial charge in [-0.05, 0) is 114 Å². The molecule has 6 nitrogen and oxygen atoms in total. The Bertz CT molecular complexity index is 1160. The average Bonchev–Trinajstić information content (AvgIpc) is 3.01. The number of hydrogen-bond donors (Lipinski definition) is 1. The number of urea groups is 1. The molecule has 2 aromatic rings. The number of halogens is 2. The Morgan fingerprint density at radius 1 is 1.03 bits per heavy atom. The van der Waals surface area contributed by atoms with Gasteiger partial charge in [0.2, 0.25) is 5.91 Å². The van der Waals surface area contributed by atoms with E-state index in [2.05, 4.69) is 46.0 Å². The first-order chi connectivity index (χ1) is 17.3. The van der Waals surface area contributed by atoms with Crippen molar-refractivity contribution in [1.29, 1.82) is 0 Å². The van der Waals surface area contributed by atoms with Gasteiger partial charge < -0.3 is 15.5 Å². The molecule has 192 valence electrons. The molecular weight excluding hydrogens is 540 g/mol. The topological polar surface area (TPSA) is 79.5 Å². The summed E-state index contributed by atoms with van der Waals surface area (Å²) < 4.78 is 1.02. The van der Waals surface area contributed by atoms with Crippen LogP contribution in [0.5, 0.6) is 0 Å². The average molecular weight is 574 g/mol. The van der Waals surface area contributed by atoms with E-state index in [1.807, 2.05) is 6.20 Å². The SMILES string of the molecule is Cc1cc(Cl)cc2c1C(C1CCN(C(=O)CC3CCN(C(N)=O)CC3)CC1)c1ncc(Br)cc1CC2. The number of primary amides is 1. The minimum absolute atomic E-state index is 0.221. The van der Waals surface area contributed by atoms with Crippen molar-refractivity contribution in [3.63, 3.8) is 0 Å². The number of carbonyl (C=O) groups is 2. The first kappa shape index (κ1) is 25.5. The molecule has 0 saturated carbocycles. The van der Waals surface area contributed by atoms with Crippen LogP contribution in [-0.4, -0.2) is 52.9 Å². The first-order valence-electron chi connectivity index (χ1n) is 13.1. The summed E-state index contributed by atoms with van der Waals surface area (Å²) in [6.07, 6.45) is 8.04. The Kier molecular flexibility index (Phi) is 7.59. The summed E-state index contributed by atoms with van der Waals surface area (Å²) in [7, 11) is 0. The van der Waals surface area contributed by atoms with Crippen LogP contribution in [0, 0.1) is 18.8 Å². The lowest BCUT2D eigenvalue weighted by molar-refractivity contribution is -0.134. The van der Waals surface area contributed by atoms with Gasteiger partial charge in [0.05, 0.1) is 5.69 Å². The number of pyridine rings is 1. The lowest BCUT2D eigenvalue weighted by Gasteiger charge is -2.38. The third kappa shape index (κ3) is 5.28. The molecule has 0 spiro atoms. The zero-order chi connectivity index (χ0) is 25.4. The second-order valence-corrected chi connectivity index (χ2v) is 12.0. The number of nitrogens with two attached hydrogens (primary N) is 1. The molecule has 2 N–H and O–H groups in total. The van der Waals surface area contributed by atoms with Crippen LogP contribution < -0.4 is 5.73 Å². The van der Waals surface area contributed by atoms with Gasteiger partial charge in [-0.15, -0.1) is 0 Å². The fourth-order valence-electron chi connectivity index (χ4n) is 6.53. The monoisotopic (exact) mass is 572 g/mol. The molecule has 36 heavy (non-hydrogen) atoms. The van der Waals surface area contributed by atoms with Crippen molar-refractivity contribution < 1.29 is 9.59 Å². The van der Waals surface area contributed by atoms with Gasteiger partial charge in [0.15, 0.2) is 0 Å². The lowest BCUT2D eigenvalue weighted by Crippen LogP contribution is -2.44. The summed E-state index contributed by atoms with van der Waals surface area (Å²) in [5, 5.41) is 0.798. The van der Waals surface area contributed by atoms with Gasteiger partial charge in [0.1, 0.15) is 0 Å². The van der Waals surface area contributed by atoms with Crippen LogP contribution in [0.15, 0.2) is 28.9 Å². The maximum absolute atomic E-state index is 13.1. The summed E-state index contributed by atoms with van der Waals surface area (Å²) in [6, 6.07) is 6.09. The molecule has 0 radical (unpaired) electrons. The summed E-state index contributed by atoms with van der Waals surface area (Å²) in [4.78, 5) is 33.2. The molecule has 5 rings (SSSR count). The Balaban J connectivity index is 1.31. The predicted octanol–water partition coefficient (Wildman–Crippen LogP) is 5.46. The summed E-state index contributed by atoms with van der Waals surface area (Å²) in [6.45, 7) is 5.05. The predicted molar refractivity (Wildman–Crippen MR) is 145 cm³/mol. The number of amides is 3. The van der Waals surface area contributed by atoms with E-state index in [1.165, 1.54) is 27.9 Å². The number of rotatable bonds is 3. The van der Waals surface area contributed by atoms with E-state index in [-0.39, 0.29) is 17.9 Å². The molecule has 3 amide bonds. The highest BCUT2D eigenvalue weighted by atomic mass is 79.9. The Hall–Kier alpha value is -2.12. The molecule has 8 heteroatoms. The number of benzene rings is 1. The van der Waals surface area contributed by atoms with Gasteiger partial charge in [0.25, 0.3) is 0 Å². The fourth-order valence-corrected chi connectivity index (χ4v) is 7.20. The zero-order valence-corrected chi connectivity index (χ0v) is 23.2. The number of fused-ring (bicyclic) bond motifs is 2. The quantitative estimate of drug-likeness (QED) is 0.530. The van der Waals surface area contributed by atoms with E-state index in [9.17, 15) is 9.59 Å². The first-order valence-corrected chi connectivity index (χ1v) is 14.2. The van der Waals surface area contributed by atoms with E-state index in [1.54, 1.807) is 4.90 Å². The number of aromatic nitrogens is 1. The Morgan fingerprint density at radius 2 is 1.69 bits per heavy atom. The molecule has 1 atom stereocenters. The van der Waals surface area contributed by atoms with Crippen LogP contribution in [0.25, 0.3) is 0 Å². The van der Waals surface area contributed by atoms with E-state index in [4.69, 9.17) is 22.3 Å². The van der Waals surface area contributed by atoms with Gasteiger partial charge in [-0.1, -0.05) is 11.6 Å². The smallest absolute Gasteiger partial charge is 0.314 e. The van der Waals surface area contributed by atoms with Crippen molar-refractivity contribution in [3.05, 3.63) is 61.8 Å². The molecule has 2 fully saturated rings. The fraction of sp³-hybridized carbons (Fsp3) is 0.536. The highest BCUT2D eigenvalue weighted by molar-refractivity contribution is 9.10. The van der Waals surface area contributed by atoms with E-state index < -0.39 is 0 Å². The molecule has 2 saturated heterocycles. The normalized spacial score (nSPS) is 21.0. The van der Waals surface area contributed by atoms with Crippen molar-refractivity contribution in [2.45, 2.75) is 57.8 Å². The molecule has 3 aliphatic rings. The third-order valence-electron chi connectivity index (χ3n) is 8.43. The summed E-state index contributed by atoms with van der Waals surface area (Å²) >= 11 is 10.1. The van der Waals surface area contributed by atoms with E-state index in [0.29, 0.717) is 31.3 Å². The lowest BCUT2D eigenvalue weighted by atomic mass is 9.75. The molecule has 2 aliphatic heterocycles. The van der Waals surface area contributed by atoms with Crippen LogP contribution in [0.4, 0.5) is 4.79 Å². The number of piperidine rings is 2. The molecule has 1 aromatic carbocycles. The largest absolute Gasteiger partial charge is 0.351 e. The minimum Gasteiger partial charge on any atom is -0.351 e. The van der Waals surface area contributed by atoms with Crippen LogP contribution in [0.1, 0.15) is 66.0 Å². The Morgan fingerprint density at radius 3 is 2.39 bits per heavy atom. The van der Waals surface area contributed by atoms with Gasteiger partial charge in [-0.25, -0.2) is 4.79 Å². The van der Waals surface area contributed by atoms with Gasteiger partial charge >= 0.3 is 6.03 Å². The summed E-state index contributed by atoms with van der Waals surface area (Å²) in [5.41, 5.74) is 11.9. The number of aryl methyl sites for hydroxylation is 3. The highest BCUT2D eigenvalue weighted by Gasteiger charge is 2.36. The van der Waals surface area contributed by atoms with Gasteiger partial charge in [0, 0.05) is 54.2 Å². The molecule has 3 heterocycles. The Labute approximate surface area is 226 Å². The second kappa shape index (κ2) is 10.7. The van der Waals surface area contributed by atoms with Crippen LogP contribution in [0.2, 0.25) is 5.02 Å². The van der Waals surface area contributed by atoms with Crippen LogP contribution in [0.3, 0.4) is 0 Å². The standard InChI is InChI=1S/C28H34BrClN4O2/c1-17-12-23(30)15-20-2-3-21-14-22(29)16-32-27(21)26(25(17)20)19-6-10-33(11-7-19)24(35)13-18-4-8-34(9-5-18)28(31)36/h12,14-16,18-19,26H,2-11,13H2,1H3,(H2,31,36). The maximum atomic E-state index is 13.1. The van der Waals surface area contributed by atoms with Crippen molar-refractivity contribution in [2.24, 2.45) is 17.6 Å². The number of hydrogen-bond acceptors (Lipinski definition) is 3. The van der Waals surface area contributed by atoms with Crippen molar-refractivity contribution >= 4 is 39.5 Å². The minimum atomic E-state index is -0.358. The molecule has 1 aromatic heterocycles. The van der Waals surface area contributed by atoms with Crippen LogP contribution >= 0.6 is 27.5 Å². The van der Waals surface area contributed by atoms with Crippen LogP contribution in [-0.2, 0) is 17.6 Å². The molecule has 1 unspecified atom stereocenters. The van der Waals surface area contributed by atoms with Gasteiger partial charge in [-0.2, -0.15) is 0 Å². The zero-order valence-electron chi connectivity index (χ0n) is 20.8. The maximum Gasteiger partial charge on any atom is 0.314 e. The van der Waals surface area contributed by atoms with Crippen molar-refractivity contribution in [1.82, 2.24) is 14.8 Å². The van der Waals surface area contributed by atoms with E-state index >= 15 is 0 Å². The number of likely N-dealkylation sites (tertiary alicyclic amines) is 2. The van der Waals surface area contributed by atoms with Crippen molar-refractivity contribution in [3.8, 4) is 0 Å². The summed E-state index contributed by atoms with van der Waals surface area (Å²) in [5.74, 6) is 1.23. The van der Waals surface area contributed by atoms with Gasteiger partial charge in [-0.3, -0.25) is 9.78 Å². The highest BCUT2D eigenvalue weighted by Crippen LogP contribution is 2.44. The molecule has 0 bridgehead atoms. The number of nitrogens with zero attached hydrogens (tertiary/aromatic N) is 3. The van der Waals surface area contributed by atoms with Crippen molar-refractivity contribution in [2.75, 3.05) is 26.2 Å².